The molecular formula is C17H16F3N3O2. The number of likely N-dealkylation sites (tertiary alicyclic amines) is 1. The number of aryl methyl sites for hydroxylation is 1. The number of anilines is 1. The Balaban J connectivity index is 1.51. The fraction of sp³-hybridized carbons (Fsp3) is 0.294. The Bertz CT molecular complexity index is 756. The van der Waals surface area contributed by atoms with E-state index in [1.807, 2.05) is 19.1 Å². The molecule has 132 valence electrons. The second-order valence-corrected chi connectivity index (χ2v) is 5.82. The molecule has 3 rings (SSSR count). The first-order valence-corrected chi connectivity index (χ1v) is 7.64. The highest BCUT2D eigenvalue weighted by molar-refractivity contribution is 5.89. The van der Waals surface area contributed by atoms with E-state index < -0.39 is 11.7 Å². The van der Waals surface area contributed by atoms with E-state index in [-0.39, 0.29) is 31.1 Å². The van der Waals surface area contributed by atoms with E-state index in [9.17, 15) is 18.0 Å². The SMILES string of the molecule is Cc1ccc(NC(=O)N2CC(Oc3cc(C(F)(F)F)ccn3)C2)cc1. The standard InChI is InChI=1S/C17H16F3N3O2/c1-11-2-4-13(5-3-11)22-16(24)23-9-14(10-23)25-15-8-12(6-7-21-15)17(18,19)20/h2-8,14H,9-10H2,1H3,(H,22,24). The topological polar surface area (TPSA) is 54.5 Å². The number of alkyl halides is 3. The predicted molar refractivity (Wildman–Crippen MR) is 85.4 cm³/mol. The van der Waals surface area contributed by atoms with Gasteiger partial charge in [0.2, 0.25) is 5.88 Å². The number of amides is 2. The molecule has 0 spiro atoms. The van der Waals surface area contributed by atoms with Crippen LogP contribution in [0.4, 0.5) is 23.7 Å². The highest BCUT2D eigenvalue weighted by Crippen LogP contribution is 2.31. The molecule has 1 saturated heterocycles. The minimum Gasteiger partial charge on any atom is -0.471 e. The number of urea groups is 1. The largest absolute Gasteiger partial charge is 0.471 e. The van der Waals surface area contributed by atoms with Crippen molar-refractivity contribution in [3.63, 3.8) is 0 Å². The maximum atomic E-state index is 12.7. The molecule has 1 aromatic carbocycles. The van der Waals surface area contributed by atoms with Crippen molar-refractivity contribution in [3.05, 3.63) is 53.7 Å². The van der Waals surface area contributed by atoms with Crippen LogP contribution in [0.3, 0.4) is 0 Å². The summed E-state index contributed by atoms with van der Waals surface area (Å²) in [4.78, 5) is 17.3. The molecule has 0 unspecified atom stereocenters. The molecule has 0 atom stereocenters. The predicted octanol–water partition coefficient (Wildman–Crippen LogP) is 3.70. The average molecular weight is 351 g/mol. The maximum absolute atomic E-state index is 12.7. The Morgan fingerprint density at radius 3 is 2.56 bits per heavy atom. The summed E-state index contributed by atoms with van der Waals surface area (Å²) in [5.41, 5.74) is 0.953. The van der Waals surface area contributed by atoms with E-state index in [1.165, 1.54) is 4.90 Å². The monoisotopic (exact) mass is 351 g/mol. The molecule has 25 heavy (non-hydrogen) atoms. The Morgan fingerprint density at radius 2 is 1.92 bits per heavy atom. The molecule has 1 aromatic heterocycles. The molecule has 8 heteroatoms. The minimum absolute atomic E-state index is 0.0987. The quantitative estimate of drug-likeness (QED) is 0.917. The number of halogens is 3. The van der Waals surface area contributed by atoms with Gasteiger partial charge in [-0.1, -0.05) is 17.7 Å². The summed E-state index contributed by atoms with van der Waals surface area (Å²) in [6.45, 7) is 2.52. The second-order valence-electron chi connectivity index (χ2n) is 5.82. The van der Waals surface area contributed by atoms with Gasteiger partial charge in [-0.15, -0.1) is 0 Å². The number of carbonyl (C=O) groups excluding carboxylic acids is 1. The van der Waals surface area contributed by atoms with Crippen LogP contribution in [0, 0.1) is 6.92 Å². The number of nitrogens with one attached hydrogen (secondary N) is 1. The first-order valence-electron chi connectivity index (χ1n) is 7.64. The van der Waals surface area contributed by atoms with Crippen LogP contribution in [-0.2, 0) is 6.18 Å². The molecule has 2 aromatic rings. The van der Waals surface area contributed by atoms with Crippen molar-refractivity contribution in [1.82, 2.24) is 9.88 Å². The van der Waals surface area contributed by atoms with Crippen LogP contribution in [0.2, 0.25) is 0 Å². The van der Waals surface area contributed by atoms with Gasteiger partial charge >= 0.3 is 12.2 Å². The van der Waals surface area contributed by atoms with Gasteiger partial charge in [0.1, 0.15) is 6.10 Å². The van der Waals surface area contributed by atoms with Crippen LogP contribution in [-0.4, -0.2) is 35.1 Å². The molecular weight excluding hydrogens is 335 g/mol. The summed E-state index contributed by atoms with van der Waals surface area (Å²) in [7, 11) is 0. The van der Waals surface area contributed by atoms with Crippen LogP contribution in [0.15, 0.2) is 42.6 Å². The molecule has 1 N–H and O–H groups in total. The van der Waals surface area contributed by atoms with Crippen molar-refractivity contribution >= 4 is 11.7 Å². The number of aromatic nitrogens is 1. The lowest BCUT2D eigenvalue weighted by molar-refractivity contribution is -0.137. The third-order valence-corrected chi connectivity index (χ3v) is 3.79. The van der Waals surface area contributed by atoms with Crippen molar-refractivity contribution in [2.75, 3.05) is 18.4 Å². The molecule has 1 aliphatic heterocycles. The first kappa shape index (κ1) is 17.1. The first-order chi connectivity index (χ1) is 11.8. The fourth-order valence-corrected chi connectivity index (χ4v) is 2.34. The Labute approximate surface area is 142 Å². The van der Waals surface area contributed by atoms with Crippen molar-refractivity contribution in [2.45, 2.75) is 19.2 Å². The zero-order chi connectivity index (χ0) is 18.0. The van der Waals surface area contributed by atoms with E-state index in [0.29, 0.717) is 5.69 Å². The van der Waals surface area contributed by atoms with Gasteiger partial charge in [-0.05, 0) is 25.1 Å². The van der Waals surface area contributed by atoms with Crippen LogP contribution < -0.4 is 10.1 Å². The Kier molecular flexibility index (Phi) is 4.52. The molecule has 0 aliphatic carbocycles. The summed E-state index contributed by atoms with van der Waals surface area (Å²) >= 11 is 0. The van der Waals surface area contributed by atoms with E-state index >= 15 is 0 Å². The number of ether oxygens (including phenoxy) is 1. The van der Waals surface area contributed by atoms with Crippen molar-refractivity contribution in [1.29, 1.82) is 0 Å². The fourth-order valence-electron chi connectivity index (χ4n) is 2.34. The molecule has 2 heterocycles. The molecule has 5 nitrogen and oxygen atoms in total. The van der Waals surface area contributed by atoms with E-state index in [4.69, 9.17) is 4.74 Å². The van der Waals surface area contributed by atoms with Gasteiger partial charge in [0.05, 0.1) is 18.7 Å². The maximum Gasteiger partial charge on any atom is 0.416 e. The highest BCUT2D eigenvalue weighted by atomic mass is 19.4. The van der Waals surface area contributed by atoms with Gasteiger partial charge in [0, 0.05) is 18.0 Å². The van der Waals surface area contributed by atoms with Crippen LogP contribution >= 0.6 is 0 Å². The van der Waals surface area contributed by atoms with E-state index in [1.54, 1.807) is 12.1 Å². The van der Waals surface area contributed by atoms with Gasteiger partial charge in [-0.2, -0.15) is 13.2 Å². The number of rotatable bonds is 3. The smallest absolute Gasteiger partial charge is 0.416 e. The molecule has 0 saturated carbocycles. The van der Waals surface area contributed by atoms with Crippen LogP contribution in [0.25, 0.3) is 0 Å². The van der Waals surface area contributed by atoms with Crippen LogP contribution in [0.5, 0.6) is 5.88 Å². The lowest BCUT2D eigenvalue weighted by atomic mass is 10.2. The summed E-state index contributed by atoms with van der Waals surface area (Å²) in [5.74, 6) is -0.0987. The molecule has 0 bridgehead atoms. The lowest BCUT2D eigenvalue weighted by Crippen LogP contribution is -2.57. The van der Waals surface area contributed by atoms with Gasteiger partial charge in [-0.3, -0.25) is 0 Å². The summed E-state index contributed by atoms with van der Waals surface area (Å²) < 4.78 is 43.4. The minimum atomic E-state index is -4.44. The molecule has 1 aliphatic rings. The van der Waals surface area contributed by atoms with Gasteiger partial charge in [-0.25, -0.2) is 9.78 Å². The zero-order valence-corrected chi connectivity index (χ0v) is 13.4. The Morgan fingerprint density at radius 1 is 1.24 bits per heavy atom. The third kappa shape index (κ3) is 4.20. The number of carbonyl (C=O) groups is 1. The summed E-state index contributed by atoms with van der Waals surface area (Å²) in [6, 6.07) is 8.83. The summed E-state index contributed by atoms with van der Waals surface area (Å²) in [5, 5.41) is 2.75. The normalized spacial score (nSPS) is 14.8. The van der Waals surface area contributed by atoms with Crippen molar-refractivity contribution < 1.29 is 22.7 Å². The molecule has 2 amide bonds. The average Bonchev–Trinajstić information content (AvgIpc) is 2.52. The van der Waals surface area contributed by atoms with Gasteiger partial charge in [0.15, 0.2) is 0 Å². The molecule has 0 radical (unpaired) electrons. The number of hydrogen-bond acceptors (Lipinski definition) is 3. The van der Waals surface area contributed by atoms with Gasteiger partial charge < -0.3 is 15.0 Å². The van der Waals surface area contributed by atoms with E-state index in [2.05, 4.69) is 10.3 Å². The van der Waals surface area contributed by atoms with Crippen molar-refractivity contribution in [2.24, 2.45) is 0 Å². The van der Waals surface area contributed by atoms with Gasteiger partial charge in [0.25, 0.3) is 0 Å². The zero-order valence-electron chi connectivity index (χ0n) is 13.4. The number of pyridine rings is 1. The molecule has 1 fully saturated rings. The Hall–Kier alpha value is -2.77. The second kappa shape index (κ2) is 6.62. The number of hydrogen-bond donors (Lipinski definition) is 1. The third-order valence-electron chi connectivity index (χ3n) is 3.79. The lowest BCUT2D eigenvalue weighted by Gasteiger charge is -2.38. The van der Waals surface area contributed by atoms with E-state index in [0.717, 1.165) is 23.9 Å². The van der Waals surface area contributed by atoms with Crippen molar-refractivity contribution in [3.8, 4) is 5.88 Å². The summed E-state index contributed by atoms with van der Waals surface area (Å²) in [6.07, 6.45) is -3.76. The number of nitrogens with zero attached hydrogens (tertiary/aromatic N) is 2. The number of benzene rings is 1. The van der Waals surface area contributed by atoms with Crippen LogP contribution in [0.1, 0.15) is 11.1 Å². The highest BCUT2D eigenvalue weighted by Gasteiger charge is 2.34.